The molecule has 130 valence electrons. The van der Waals surface area contributed by atoms with Crippen LogP contribution in [0.4, 0.5) is 0 Å². The van der Waals surface area contributed by atoms with Gasteiger partial charge >= 0.3 is 5.97 Å². The molecular weight excluding hydrogens is 388 g/mol. The van der Waals surface area contributed by atoms with Gasteiger partial charge in [0.25, 0.3) is 0 Å². The first-order valence-electron chi connectivity index (χ1n) is 8.17. The molecule has 0 fully saturated rings. The number of ether oxygens (including phenoxy) is 4. The van der Waals surface area contributed by atoms with Crippen LogP contribution in [0.2, 0.25) is 0 Å². The minimum atomic E-state index is -0.412. The smallest absolute Gasteiger partial charge is 0.344 e. The highest BCUT2D eigenvalue weighted by atomic mass is 79.9. The van der Waals surface area contributed by atoms with E-state index in [0.29, 0.717) is 17.2 Å². The maximum Gasteiger partial charge on any atom is 0.344 e. The van der Waals surface area contributed by atoms with Crippen molar-refractivity contribution in [1.29, 1.82) is 0 Å². The molecule has 5 nitrogen and oxygen atoms in total. The highest BCUT2D eigenvalue weighted by Gasteiger charge is 2.17. The van der Waals surface area contributed by atoms with Gasteiger partial charge in [0, 0.05) is 10.0 Å². The van der Waals surface area contributed by atoms with Gasteiger partial charge in [-0.3, -0.25) is 0 Å². The van der Waals surface area contributed by atoms with Gasteiger partial charge in [-0.25, -0.2) is 4.79 Å². The van der Waals surface area contributed by atoms with Crippen molar-refractivity contribution in [2.45, 2.75) is 25.9 Å². The zero-order valence-corrected chi connectivity index (χ0v) is 15.1. The summed E-state index contributed by atoms with van der Waals surface area (Å²) >= 11 is 3.45. The van der Waals surface area contributed by atoms with E-state index < -0.39 is 5.97 Å². The molecule has 0 saturated heterocycles. The normalized spacial score (nSPS) is 14.3. The first-order chi connectivity index (χ1) is 12.2. The third kappa shape index (κ3) is 3.58. The summed E-state index contributed by atoms with van der Waals surface area (Å²) in [6, 6.07) is 9.62. The fraction of sp³-hybridized carbons (Fsp3) is 0.316. The summed E-state index contributed by atoms with van der Waals surface area (Å²) in [7, 11) is 0. The Morgan fingerprint density at radius 1 is 1.08 bits per heavy atom. The summed E-state index contributed by atoms with van der Waals surface area (Å²) in [5.74, 6) is 1.64. The Labute approximate surface area is 154 Å². The molecule has 4 rings (SSSR count). The van der Waals surface area contributed by atoms with E-state index in [2.05, 4.69) is 22.0 Å². The van der Waals surface area contributed by atoms with Gasteiger partial charge in [0.2, 0.25) is 6.79 Å². The van der Waals surface area contributed by atoms with Crippen molar-refractivity contribution in [2.24, 2.45) is 0 Å². The summed E-state index contributed by atoms with van der Waals surface area (Å²) in [6.07, 6.45) is 3.39. The van der Waals surface area contributed by atoms with Crippen molar-refractivity contribution < 1.29 is 23.7 Å². The summed E-state index contributed by atoms with van der Waals surface area (Å²) < 4.78 is 22.3. The van der Waals surface area contributed by atoms with E-state index >= 15 is 0 Å². The molecule has 2 aromatic carbocycles. The van der Waals surface area contributed by atoms with Gasteiger partial charge in [-0.2, -0.15) is 0 Å². The van der Waals surface area contributed by atoms with Crippen molar-refractivity contribution in [3.05, 3.63) is 51.5 Å². The molecule has 0 saturated carbocycles. The first-order valence-corrected chi connectivity index (χ1v) is 8.96. The van der Waals surface area contributed by atoms with E-state index in [-0.39, 0.29) is 20.0 Å². The van der Waals surface area contributed by atoms with Crippen molar-refractivity contribution in [1.82, 2.24) is 0 Å². The van der Waals surface area contributed by atoms with Crippen LogP contribution < -0.4 is 14.2 Å². The van der Waals surface area contributed by atoms with Crippen molar-refractivity contribution in [3.8, 4) is 17.2 Å². The number of hydrogen-bond donors (Lipinski definition) is 0. The summed E-state index contributed by atoms with van der Waals surface area (Å²) in [5, 5.41) is 0. The third-order valence-electron chi connectivity index (χ3n) is 4.36. The first kappa shape index (κ1) is 16.3. The predicted octanol–water partition coefficient (Wildman–Crippen LogP) is 3.79. The molecule has 0 atom stereocenters. The molecule has 0 radical (unpaired) electrons. The Bertz CT molecular complexity index is 818. The number of halogens is 1. The highest BCUT2D eigenvalue weighted by molar-refractivity contribution is 9.10. The second kappa shape index (κ2) is 6.96. The lowest BCUT2D eigenvalue weighted by Gasteiger charge is -2.10. The average Bonchev–Trinajstić information content (AvgIpc) is 3.25. The van der Waals surface area contributed by atoms with Gasteiger partial charge in [0.1, 0.15) is 12.4 Å². The Hall–Kier alpha value is -2.21. The van der Waals surface area contributed by atoms with Crippen LogP contribution in [-0.2, 0) is 29.0 Å². The zero-order chi connectivity index (χ0) is 17.2. The quantitative estimate of drug-likeness (QED) is 0.709. The fourth-order valence-corrected chi connectivity index (χ4v) is 3.49. The number of carbonyl (C=O) groups excluding carboxylic acids is 1. The Morgan fingerprint density at radius 3 is 2.76 bits per heavy atom. The van der Waals surface area contributed by atoms with E-state index in [1.165, 1.54) is 17.5 Å². The maximum atomic E-state index is 12.0. The fourth-order valence-electron chi connectivity index (χ4n) is 3.05. The van der Waals surface area contributed by atoms with Crippen LogP contribution in [0.1, 0.15) is 23.1 Å². The van der Waals surface area contributed by atoms with Gasteiger partial charge in [-0.1, -0.05) is 22.0 Å². The highest BCUT2D eigenvalue weighted by Crippen LogP contribution is 2.37. The predicted molar refractivity (Wildman–Crippen MR) is 94.0 cm³/mol. The second-order valence-electron chi connectivity index (χ2n) is 6.03. The minimum Gasteiger partial charge on any atom is -0.482 e. The van der Waals surface area contributed by atoms with Crippen molar-refractivity contribution in [2.75, 3.05) is 13.4 Å². The van der Waals surface area contributed by atoms with E-state index in [4.69, 9.17) is 18.9 Å². The van der Waals surface area contributed by atoms with Crippen molar-refractivity contribution >= 4 is 21.9 Å². The summed E-state index contributed by atoms with van der Waals surface area (Å²) in [4.78, 5) is 12.0. The van der Waals surface area contributed by atoms with Crippen molar-refractivity contribution in [3.63, 3.8) is 0 Å². The SMILES string of the molecule is O=C(COc1ccc2c(c1)CCC2)OCc1cc2c(cc1Br)OCO2. The number of fused-ring (bicyclic) bond motifs is 2. The lowest BCUT2D eigenvalue weighted by molar-refractivity contribution is -0.147. The van der Waals surface area contributed by atoms with Gasteiger partial charge in [0.15, 0.2) is 18.1 Å². The monoisotopic (exact) mass is 404 g/mol. The van der Waals surface area contributed by atoms with E-state index in [1.54, 1.807) is 6.07 Å². The second-order valence-corrected chi connectivity index (χ2v) is 6.88. The molecular formula is C19H17BrO5. The Kier molecular flexibility index (Phi) is 4.53. The molecule has 2 aliphatic rings. The molecule has 1 heterocycles. The van der Waals surface area contributed by atoms with Crippen LogP contribution in [0.3, 0.4) is 0 Å². The summed E-state index contributed by atoms with van der Waals surface area (Å²) in [5.41, 5.74) is 3.51. The van der Waals surface area contributed by atoms with E-state index in [1.807, 2.05) is 18.2 Å². The number of benzene rings is 2. The molecule has 0 bridgehead atoms. The molecule has 0 unspecified atom stereocenters. The molecule has 0 aromatic heterocycles. The van der Waals surface area contributed by atoms with Gasteiger partial charge in [0.05, 0.1) is 0 Å². The molecule has 0 N–H and O–H groups in total. The lowest BCUT2D eigenvalue weighted by atomic mass is 10.1. The number of carbonyl (C=O) groups is 1. The Balaban J connectivity index is 1.31. The van der Waals surface area contributed by atoms with Crippen LogP contribution in [0.25, 0.3) is 0 Å². The van der Waals surface area contributed by atoms with Crippen LogP contribution in [-0.4, -0.2) is 19.4 Å². The van der Waals surface area contributed by atoms with Crippen LogP contribution in [0.15, 0.2) is 34.8 Å². The van der Waals surface area contributed by atoms with E-state index in [9.17, 15) is 4.79 Å². The number of esters is 1. The maximum absolute atomic E-state index is 12.0. The minimum absolute atomic E-state index is 0.110. The number of rotatable bonds is 5. The largest absolute Gasteiger partial charge is 0.482 e. The van der Waals surface area contributed by atoms with Crippen LogP contribution >= 0.6 is 15.9 Å². The Morgan fingerprint density at radius 2 is 1.88 bits per heavy atom. The zero-order valence-electron chi connectivity index (χ0n) is 13.5. The van der Waals surface area contributed by atoms with E-state index in [0.717, 1.165) is 22.9 Å². The lowest BCUT2D eigenvalue weighted by Crippen LogP contribution is -2.15. The number of hydrogen-bond acceptors (Lipinski definition) is 5. The van der Waals surface area contributed by atoms with Crippen LogP contribution in [0.5, 0.6) is 17.2 Å². The average molecular weight is 405 g/mol. The van der Waals surface area contributed by atoms with Crippen LogP contribution in [0, 0.1) is 0 Å². The van der Waals surface area contributed by atoms with Gasteiger partial charge in [-0.05, 0) is 54.7 Å². The number of aryl methyl sites for hydroxylation is 2. The molecule has 0 amide bonds. The molecule has 1 aliphatic heterocycles. The molecule has 0 spiro atoms. The molecule has 25 heavy (non-hydrogen) atoms. The van der Waals surface area contributed by atoms with Gasteiger partial charge in [-0.15, -0.1) is 0 Å². The molecule has 1 aliphatic carbocycles. The summed E-state index contributed by atoms with van der Waals surface area (Å²) in [6.45, 7) is 0.240. The van der Waals surface area contributed by atoms with Gasteiger partial charge < -0.3 is 18.9 Å². The third-order valence-corrected chi connectivity index (χ3v) is 5.10. The molecule has 6 heteroatoms. The standard InChI is InChI=1S/C19H17BrO5/c20-16-8-18-17(24-11-25-18)7-14(16)9-23-19(21)10-22-15-5-4-12-2-1-3-13(12)6-15/h4-8H,1-3,9-11H2. The topological polar surface area (TPSA) is 54.0 Å². The molecule has 2 aromatic rings.